The second-order valence-corrected chi connectivity index (χ2v) is 3.82. The number of esters is 1. The van der Waals surface area contributed by atoms with Crippen LogP contribution in [0, 0.1) is 10.1 Å². The normalized spacial score (nSPS) is 16.4. The van der Waals surface area contributed by atoms with E-state index in [0.29, 0.717) is 6.42 Å². The van der Waals surface area contributed by atoms with E-state index in [-0.39, 0.29) is 24.3 Å². The second-order valence-electron chi connectivity index (χ2n) is 3.82. The van der Waals surface area contributed by atoms with Crippen LogP contribution in [0.3, 0.4) is 0 Å². The number of carbonyl (C=O) groups excluding carboxylic acids is 1. The summed E-state index contributed by atoms with van der Waals surface area (Å²) in [6.45, 7) is 5.64. The number of hydrogen-bond acceptors (Lipinski definition) is 4. The lowest BCUT2D eigenvalue weighted by Crippen LogP contribution is -2.18. The Bertz CT molecular complexity index is 393. The molecule has 0 aromatic carbocycles. The Labute approximate surface area is 93.9 Å². The Balaban J connectivity index is 3.04. The van der Waals surface area contributed by atoms with E-state index in [1.165, 1.54) is 0 Å². The number of nitro groups is 1. The van der Waals surface area contributed by atoms with Crippen molar-refractivity contribution in [2.45, 2.75) is 33.6 Å². The van der Waals surface area contributed by atoms with Crippen molar-refractivity contribution < 1.29 is 14.5 Å². The van der Waals surface area contributed by atoms with Crippen molar-refractivity contribution in [3.05, 3.63) is 32.5 Å². The topological polar surface area (TPSA) is 69.4 Å². The van der Waals surface area contributed by atoms with Gasteiger partial charge in [0, 0.05) is 6.42 Å². The third-order valence-corrected chi connectivity index (χ3v) is 2.69. The van der Waals surface area contributed by atoms with Crippen molar-refractivity contribution in [1.29, 1.82) is 0 Å². The van der Waals surface area contributed by atoms with Crippen molar-refractivity contribution in [2.75, 3.05) is 6.61 Å². The molecule has 1 aliphatic carbocycles. The standard InChI is InChI=1S/C11H15NO4/c1-4-16-11(13)9-5-7(2)8(3)6-10(9)12(14)15/h4-6H2,1-3H3. The average molecular weight is 225 g/mol. The zero-order valence-electron chi connectivity index (χ0n) is 9.70. The fourth-order valence-corrected chi connectivity index (χ4v) is 1.61. The van der Waals surface area contributed by atoms with Gasteiger partial charge in [-0.2, -0.15) is 0 Å². The molecule has 0 unspecified atom stereocenters. The van der Waals surface area contributed by atoms with Crippen molar-refractivity contribution in [3.63, 3.8) is 0 Å². The van der Waals surface area contributed by atoms with Crippen molar-refractivity contribution >= 4 is 5.97 Å². The molecule has 0 fully saturated rings. The molecule has 5 nitrogen and oxygen atoms in total. The molecule has 0 heterocycles. The molecule has 0 aliphatic heterocycles. The molecule has 0 aromatic heterocycles. The first-order chi connectivity index (χ1) is 7.47. The molecule has 1 aliphatic rings. The Hall–Kier alpha value is -1.65. The van der Waals surface area contributed by atoms with E-state index in [9.17, 15) is 14.9 Å². The highest BCUT2D eigenvalue weighted by Gasteiger charge is 2.29. The van der Waals surface area contributed by atoms with Crippen LogP contribution in [0.1, 0.15) is 33.6 Å². The lowest BCUT2D eigenvalue weighted by Gasteiger charge is -2.16. The van der Waals surface area contributed by atoms with E-state index < -0.39 is 10.9 Å². The molecule has 0 N–H and O–H groups in total. The quantitative estimate of drug-likeness (QED) is 0.319. The van der Waals surface area contributed by atoms with Gasteiger partial charge in [-0.05, 0) is 20.8 Å². The van der Waals surface area contributed by atoms with Gasteiger partial charge in [0.1, 0.15) is 5.57 Å². The van der Waals surface area contributed by atoms with Crippen LogP contribution in [-0.4, -0.2) is 17.5 Å². The number of ether oxygens (including phenoxy) is 1. The summed E-state index contributed by atoms with van der Waals surface area (Å²) < 4.78 is 4.82. The lowest BCUT2D eigenvalue weighted by molar-refractivity contribution is -0.428. The van der Waals surface area contributed by atoms with Crippen LogP contribution in [0.15, 0.2) is 22.4 Å². The van der Waals surface area contributed by atoms with Gasteiger partial charge in [-0.3, -0.25) is 10.1 Å². The number of carbonyl (C=O) groups is 1. The van der Waals surface area contributed by atoms with Crippen molar-refractivity contribution in [3.8, 4) is 0 Å². The van der Waals surface area contributed by atoms with Gasteiger partial charge in [-0.15, -0.1) is 0 Å². The molecule has 0 aromatic rings. The Morgan fingerprint density at radius 1 is 1.38 bits per heavy atom. The molecule has 16 heavy (non-hydrogen) atoms. The summed E-state index contributed by atoms with van der Waals surface area (Å²) >= 11 is 0. The van der Waals surface area contributed by atoms with Gasteiger partial charge >= 0.3 is 5.97 Å². The molecule has 0 saturated heterocycles. The maximum absolute atomic E-state index is 11.6. The Morgan fingerprint density at radius 2 is 1.94 bits per heavy atom. The summed E-state index contributed by atoms with van der Waals surface area (Å²) in [7, 11) is 0. The van der Waals surface area contributed by atoms with Gasteiger partial charge in [-0.1, -0.05) is 11.1 Å². The minimum atomic E-state index is -0.568. The van der Waals surface area contributed by atoms with Crippen LogP contribution >= 0.6 is 0 Å². The van der Waals surface area contributed by atoms with E-state index in [1.54, 1.807) is 6.92 Å². The van der Waals surface area contributed by atoms with Gasteiger partial charge < -0.3 is 4.74 Å². The molecule has 1 rings (SSSR count). The van der Waals surface area contributed by atoms with Crippen molar-refractivity contribution in [1.82, 2.24) is 0 Å². The first-order valence-electron chi connectivity index (χ1n) is 5.16. The van der Waals surface area contributed by atoms with Crippen LogP contribution in [0.5, 0.6) is 0 Å². The number of allylic oxidation sites excluding steroid dienone is 2. The third kappa shape index (κ3) is 2.48. The summed E-state index contributed by atoms with van der Waals surface area (Å²) in [5.41, 5.74) is 2.13. The van der Waals surface area contributed by atoms with Crippen LogP contribution in [0.25, 0.3) is 0 Å². The minimum absolute atomic E-state index is 0.0263. The maximum atomic E-state index is 11.6. The molecule has 0 amide bonds. The zero-order valence-corrected chi connectivity index (χ0v) is 9.70. The smallest absolute Gasteiger partial charge is 0.340 e. The molecular formula is C11H15NO4. The summed E-state index contributed by atoms with van der Waals surface area (Å²) in [6, 6.07) is 0. The number of rotatable bonds is 3. The average Bonchev–Trinajstić information content (AvgIpc) is 2.21. The van der Waals surface area contributed by atoms with Crippen LogP contribution in [0.4, 0.5) is 0 Å². The molecule has 0 spiro atoms. The van der Waals surface area contributed by atoms with Crippen LogP contribution in [-0.2, 0) is 9.53 Å². The number of hydrogen-bond donors (Lipinski definition) is 0. The molecule has 0 bridgehead atoms. The largest absolute Gasteiger partial charge is 0.462 e. The highest BCUT2D eigenvalue weighted by Crippen LogP contribution is 2.30. The first-order valence-corrected chi connectivity index (χ1v) is 5.16. The van der Waals surface area contributed by atoms with E-state index in [0.717, 1.165) is 11.1 Å². The second kappa shape index (κ2) is 4.92. The third-order valence-electron chi connectivity index (χ3n) is 2.69. The Kier molecular flexibility index (Phi) is 3.82. The summed E-state index contributed by atoms with van der Waals surface area (Å²) in [5.74, 6) is -0.568. The molecule has 0 atom stereocenters. The highest BCUT2D eigenvalue weighted by atomic mass is 16.6. The summed E-state index contributed by atoms with van der Waals surface area (Å²) in [4.78, 5) is 21.9. The van der Waals surface area contributed by atoms with Gasteiger partial charge in [0.25, 0.3) is 5.70 Å². The molecular weight excluding hydrogens is 210 g/mol. The SMILES string of the molecule is CCOC(=O)C1=C([N+](=O)[O-])CC(C)=C(C)C1. The molecule has 0 radical (unpaired) electrons. The fraction of sp³-hybridized carbons (Fsp3) is 0.545. The van der Waals surface area contributed by atoms with E-state index >= 15 is 0 Å². The van der Waals surface area contributed by atoms with E-state index in [2.05, 4.69) is 0 Å². The van der Waals surface area contributed by atoms with Crippen LogP contribution in [0.2, 0.25) is 0 Å². The van der Waals surface area contributed by atoms with Gasteiger partial charge in [-0.25, -0.2) is 4.79 Å². The molecule has 88 valence electrons. The minimum Gasteiger partial charge on any atom is -0.462 e. The summed E-state index contributed by atoms with van der Waals surface area (Å²) in [6.07, 6.45) is 0.550. The first kappa shape index (κ1) is 12.4. The lowest BCUT2D eigenvalue weighted by atomic mass is 9.91. The van der Waals surface area contributed by atoms with E-state index in [4.69, 9.17) is 4.74 Å². The number of nitrogens with zero attached hydrogens (tertiary/aromatic N) is 1. The van der Waals surface area contributed by atoms with Gasteiger partial charge in [0.15, 0.2) is 0 Å². The van der Waals surface area contributed by atoms with Crippen LogP contribution < -0.4 is 0 Å². The zero-order chi connectivity index (χ0) is 12.3. The Morgan fingerprint density at radius 3 is 2.44 bits per heavy atom. The van der Waals surface area contributed by atoms with Gasteiger partial charge in [0.2, 0.25) is 0 Å². The highest BCUT2D eigenvalue weighted by molar-refractivity contribution is 5.90. The maximum Gasteiger partial charge on any atom is 0.340 e. The summed E-state index contributed by atoms with van der Waals surface area (Å²) in [5, 5.41) is 10.8. The molecule has 0 saturated carbocycles. The predicted octanol–water partition coefficient (Wildman–Crippen LogP) is 2.21. The molecule has 5 heteroatoms. The van der Waals surface area contributed by atoms with Crippen molar-refractivity contribution in [2.24, 2.45) is 0 Å². The van der Waals surface area contributed by atoms with Gasteiger partial charge in [0.05, 0.1) is 18.0 Å². The monoisotopic (exact) mass is 225 g/mol. The van der Waals surface area contributed by atoms with E-state index in [1.807, 2.05) is 13.8 Å². The fourth-order valence-electron chi connectivity index (χ4n) is 1.61. The predicted molar refractivity (Wildman–Crippen MR) is 58.3 cm³/mol.